The van der Waals surface area contributed by atoms with Gasteiger partial charge >= 0.3 is 0 Å². The van der Waals surface area contributed by atoms with Crippen LogP contribution in [-0.4, -0.2) is 11.0 Å². The van der Waals surface area contributed by atoms with Crippen LogP contribution in [0.15, 0.2) is 35.2 Å². The third-order valence-electron chi connectivity index (χ3n) is 2.05. The summed E-state index contributed by atoms with van der Waals surface area (Å²) < 4.78 is 0. The van der Waals surface area contributed by atoms with Crippen molar-refractivity contribution in [2.75, 3.05) is 5.32 Å². The van der Waals surface area contributed by atoms with E-state index < -0.39 is 0 Å². The van der Waals surface area contributed by atoms with Gasteiger partial charge in [0, 0.05) is 12.2 Å². The van der Waals surface area contributed by atoms with Crippen molar-refractivity contribution >= 4 is 17.2 Å². The lowest BCUT2D eigenvalue weighted by Crippen LogP contribution is -2.10. The minimum atomic E-state index is 0.412. The summed E-state index contributed by atoms with van der Waals surface area (Å²) in [6, 6.07) is 6.66. The van der Waals surface area contributed by atoms with Gasteiger partial charge in [0.25, 0.3) is 0 Å². The van der Waals surface area contributed by atoms with Crippen molar-refractivity contribution in [3.8, 4) is 11.1 Å². The van der Waals surface area contributed by atoms with Gasteiger partial charge in [-0.25, -0.2) is 4.98 Å². The summed E-state index contributed by atoms with van der Waals surface area (Å²) >= 11 is 1.71. The molecule has 3 heteroatoms. The number of aromatic nitrogens is 1. The summed E-state index contributed by atoms with van der Waals surface area (Å²) in [5.41, 5.74) is 2.48. The van der Waals surface area contributed by atoms with Gasteiger partial charge in [0.2, 0.25) is 0 Å². The molecular formula is C12H14N2S. The molecular weight excluding hydrogens is 204 g/mol. The van der Waals surface area contributed by atoms with Gasteiger partial charge < -0.3 is 5.32 Å². The molecule has 0 amide bonds. The van der Waals surface area contributed by atoms with E-state index >= 15 is 0 Å². The van der Waals surface area contributed by atoms with Crippen LogP contribution in [0.2, 0.25) is 0 Å². The van der Waals surface area contributed by atoms with Gasteiger partial charge in [0.05, 0.1) is 0 Å². The summed E-state index contributed by atoms with van der Waals surface area (Å²) in [4.78, 5) is 4.28. The lowest BCUT2D eigenvalue weighted by Gasteiger charge is -2.09. The average Bonchev–Trinajstić information content (AvgIpc) is 2.69. The van der Waals surface area contributed by atoms with Gasteiger partial charge in [-0.2, -0.15) is 11.3 Å². The molecule has 0 saturated carbocycles. The van der Waals surface area contributed by atoms with E-state index in [1.807, 2.05) is 12.3 Å². The number of nitrogens with zero attached hydrogens (tertiary/aromatic N) is 1. The van der Waals surface area contributed by atoms with Gasteiger partial charge in [0.15, 0.2) is 0 Å². The molecule has 2 aromatic rings. The monoisotopic (exact) mass is 218 g/mol. The van der Waals surface area contributed by atoms with Gasteiger partial charge in [-0.05, 0) is 53.9 Å². The Balaban J connectivity index is 2.27. The predicted molar refractivity (Wildman–Crippen MR) is 66.3 cm³/mol. The Kier molecular flexibility index (Phi) is 3.02. The quantitative estimate of drug-likeness (QED) is 0.851. The topological polar surface area (TPSA) is 24.9 Å². The number of nitrogens with one attached hydrogen (secondary N) is 1. The van der Waals surface area contributed by atoms with Crippen LogP contribution in [0.3, 0.4) is 0 Å². The molecule has 0 aliphatic carbocycles. The highest BCUT2D eigenvalue weighted by Gasteiger charge is 2.01. The van der Waals surface area contributed by atoms with Gasteiger partial charge in [0.1, 0.15) is 5.82 Å². The molecule has 1 N–H and O–H groups in total. The molecule has 2 nitrogen and oxygen atoms in total. The van der Waals surface area contributed by atoms with Crippen molar-refractivity contribution in [1.82, 2.24) is 4.98 Å². The lowest BCUT2D eigenvalue weighted by atomic mass is 10.1. The van der Waals surface area contributed by atoms with E-state index in [-0.39, 0.29) is 0 Å². The molecule has 2 rings (SSSR count). The Morgan fingerprint density at radius 3 is 2.80 bits per heavy atom. The van der Waals surface area contributed by atoms with Crippen molar-refractivity contribution in [2.24, 2.45) is 0 Å². The summed E-state index contributed by atoms with van der Waals surface area (Å²) in [6.45, 7) is 4.22. The van der Waals surface area contributed by atoms with Gasteiger partial charge in [-0.1, -0.05) is 0 Å². The van der Waals surface area contributed by atoms with E-state index in [1.54, 1.807) is 11.3 Å². The zero-order chi connectivity index (χ0) is 10.7. The molecule has 0 bridgehead atoms. The molecule has 0 aromatic carbocycles. The molecule has 0 unspecified atom stereocenters. The second kappa shape index (κ2) is 4.45. The number of thiophene rings is 1. The molecule has 0 atom stereocenters. The van der Waals surface area contributed by atoms with E-state index in [4.69, 9.17) is 0 Å². The fraction of sp³-hybridized carbons (Fsp3) is 0.250. The number of pyridine rings is 1. The molecule has 0 saturated heterocycles. The lowest BCUT2D eigenvalue weighted by molar-refractivity contribution is 0.889. The molecule has 15 heavy (non-hydrogen) atoms. The first-order valence-corrected chi connectivity index (χ1v) is 5.95. The molecule has 2 aromatic heterocycles. The second-order valence-corrected chi connectivity index (χ2v) is 4.52. The molecule has 0 aliphatic rings. The van der Waals surface area contributed by atoms with Crippen LogP contribution < -0.4 is 5.32 Å². The van der Waals surface area contributed by atoms with Crippen LogP contribution in [0.1, 0.15) is 13.8 Å². The van der Waals surface area contributed by atoms with Crippen molar-refractivity contribution < 1.29 is 0 Å². The van der Waals surface area contributed by atoms with E-state index in [0.717, 1.165) is 5.82 Å². The van der Waals surface area contributed by atoms with E-state index in [2.05, 4.69) is 47.0 Å². The molecule has 0 fully saturated rings. The van der Waals surface area contributed by atoms with Crippen LogP contribution in [-0.2, 0) is 0 Å². The van der Waals surface area contributed by atoms with Crippen molar-refractivity contribution in [1.29, 1.82) is 0 Å². The normalized spacial score (nSPS) is 10.6. The number of rotatable bonds is 3. The Hall–Kier alpha value is -1.35. The Labute approximate surface area is 94.0 Å². The summed E-state index contributed by atoms with van der Waals surface area (Å²) in [6.07, 6.45) is 1.84. The SMILES string of the molecule is CC(C)Nc1cc(-c2ccsc2)ccn1. The highest BCUT2D eigenvalue weighted by atomic mass is 32.1. The number of anilines is 1. The molecule has 78 valence electrons. The number of hydrogen-bond donors (Lipinski definition) is 1. The summed E-state index contributed by atoms with van der Waals surface area (Å²) in [5, 5.41) is 7.54. The molecule has 2 heterocycles. The first-order chi connectivity index (χ1) is 7.25. The largest absolute Gasteiger partial charge is 0.368 e. The third kappa shape index (κ3) is 2.57. The minimum Gasteiger partial charge on any atom is -0.368 e. The molecule has 0 aliphatic heterocycles. The van der Waals surface area contributed by atoms with Crippen LogP contribution in [0.25, 0.3) is 11.1 Å². The zero-order valence-electron chi connectivity index (χ0n) is 8.90. The maximum atomic E-state index is 4.28. The van der Waals surface area contributed by atoms with E-state index in [9.17, 15) is 0 Å². The van der Waals surface area contributed by atoms with E-state index in [1.165, 1.54) is 11.1 Å². The standard InChI is InChI=1S/C12H14N2S/c1-9(2)14-12-7-10(3-5-13-12)11-4-6-15-8-11/h3-9H,1-2H3,(H,13,14). The van der Waals surface area contributed by atoms with Gasteiger partial charge in [-0.3, -0.25) is 0 Å². The third-order valence-corrected chi connectivity index (χ3v) is 2.73. The van der Waals surface area contributed by atoms with Gasteiger partial charge in [-0.15, -0.1) is 0 Å². The highest BCUT2D eigenvalue weighted by molar-refractivity contribution is 7.08. The van der Waals surface area contributed by atoms with Crippen molar-refractivity contribution in [2.45, 2.75) is 19.9 Å². The molecule has 0 spiro atoms. The fourth-order valence-electron chi connectivity index (χ4n) is 1.41. The van der Waals surface area contributed by atoms with Crippen LogP contribution in [0, 0.1) is 0 Å². The summed E-state index contributed by atoms with van der Waals surface area (Å²) in [7, 11) is 0. The maximum absolute atomic E-state index is 4.28. The van der Waals surface area contributed by atoms with Crippen LogP contribution in [0.5, 0.6) is 0 Å². The average molecular weight is 218 g/mol. The Morgan fingerprint density at radius 1 is 1.27 bits per heavy atom. The first-order valence-electron chi connectivity index (χ1n) is 5.01. The number of hydrogen-bond acceptors (Lipinski definition) is 3. The smallest absolute Gasteiger partial charge is 0.126 e. The van der Waals surface area contributed by atoms with Crippen LogP contribution in [0.4, 0.5) is 5.82 Å². The predicted octanol–water partition coefficient (Wildman–Crippen LogP) is 3.63. The maximum Gasteiger partial charge on any atom is 0.126 e. The minimum absolute atomic E-state index is 0.412. The Bertz CT molecular complexity index is 421. The summed E-state index contributed by atoms with van der Waals surface area (Å²) in [5.74, 6) is 0.939. The van der Waals surface area contributed by atoms with Crippen LogP contribution >= 0.6 is 11.3 Å². The fourth-order valence-corrected chi connectivity index (χ4v) is 2.08. The highest BCUT2D eigenvalue weighted by Crippen LogP contribution is 2.23. The Morgan fingerprint density at radius 2 is 2.13 bits per heavy atom. The van der Waals surface area contributed by atoms with Crippen molar-refractivity contribution in [3.63, 3.8) is 0 Å². The first kappa shape index (κ1) is 10.2. The molecule has 0 radical (unpaired) electrons. The second-order valence-electron chi connectivity index (χ2n) is 3.74. The van der Waals surface area contributed by atoms with E-state index in [0.29, 0.717) is 6.04 Å². The van der Waals surface area contributed by atoms with Crippen molar-refractivity contribution in [3.05, 3.63) is 35.2 Å². The zero-order valence-corrected chi connectivity index (χ0v) is 9.71.